The van der Waals surface area contributed by atoms with Crippen LogP contribution in [0.3, 0.4) is 0 Å². The number of amides is 1. The van der Waals surface area contributed by atoms with Crippen LogP contribution in [0.5, 0.6) is 5.75 Å². The van der Waals surface area contributed by atoms with Crippen molar-refractivity contribution >= 4 is 64.1 Å². The van der Waals surface area contributed by atoms with Crippen LogP contribution in [0.25, 0.3) is 33.7 Å². The number of allylic oxidation sites excluding steroid dienone is 1. The lowest BCUT2D eigenvalue weighted by atomic mass is 9.90. The number of nitrogens with zero attached hydrogens (tertiary/aromatic N) is 3. The number of para-hydroxylation sites is 1. The van der Waals surface area contributed by atoms with Crippen LogP contribution >= 0.6 is 23.2 Å². The summed E-state index contributed by atoms with van der Waals surface area (Å²) in [6, 6.07) is 15.5. The van der Waals surface area contributed by atoms with Gasteiger partial charge in [0.15, 0.2) is 6.29 Å². The molecule has 0 fully saturated rings. The molecule has 3 aromatic carbocycles. The van der Waals surface area contributed by atoms with E-state index in [-0.39, 0.29) is 6.04 Å². The highest BCUT2D eigenvalue weighted by Crippen LogP contribution is 2.43. The van der Waals surface area contributed by atoms with Crippen LogP contribution in [0.2, 0.25) is 10.0 Å². The van der Waals surface area contributed by atoms with Crippen LogP contribution in [0.15, 0.2) is 61.1 Å². The maximum Gasteiger partial charge on any atom is 0.207 e. The van der Waals surface area contributed by atoms with Gasteiger partial charge in [0, 0.05) is 68.4 Å². The summed E-state index contributed by atoms with van der Waals surface area (Å²) in [5.41, 5.74) is 10.1. The Morgan fingerprint density at radius 1 is 0.939 bits per heavy atom. The van der Waals surface area contributed by atoms with Crippen LogP contribution in [0.1, 0.15) is 63.8 Å². The first-order valence-corrected chi connectivity index (χ1v) is 16.9. The summed E-state index contributed by atoms with van der Waals surface area (Å²) in [6.07, 6.45) is 8.12. The molecule has 0 aliphatic heterocycles. The molecule has 0 aliphatic carbocycles. The van der Waals surface area contributed by atoms with E-state index in [4.69, 9.17) is 27.9 Å². The van der Waals surface area contributed by atoms with Gasteiger partial charge in [0.2, 0.25) is 6.41 Å². The van der Waals surface area contributed by atoms with Gasteiger partial charge in [-0.05, 0) is 94.5 Å². The van der Waals surface area contributed by atoms with E-state index in [2.05, 4.69) is 31.7 Å². The minimum absolute atomic E-state index is 0.145. The fourth-order valence-corrected chi connectivity index (χ4v) is 6.37. The first-order valence-electron chi connectivity index (χ1n) is 16.1. The Bertz CT molecular complexity index is 2000. The fraction of sp³-hybridized carbons (Fsp3) is 0.256. The first kappa shape index (κ1) is 35.5. The van der Waals surface area contributed by atoms with Crippen LogP contribution in [-0.4, -0.2) is 46.8 Å². The molecule has 2 aromatic heterocycles. The highest BCUT2D eigenvalue weighted by atomic mass is 35.5. The molecule has 0 aliphatic rings. The van der Waals surface area contributed by atoms with Crippen molar-refractivity contribution in [1.29, 1.82) is 0 Å². The molecule has 1 atom stereocenters. The lowest BCUT2D eigenvalue weighted by Crippen LogP contribution is -2.30. The fourth-order valence-electron chi connectivity index (χ4n) is 6.01. The lowest BCUT2D eigenvalue weighted by Gasteiger charge is -2.25. The van der Waals surface area contributed by atoms with Gasteiger partial charge in [-0.1, -0.05) is 47.5 Å². The number of carbonyl (C=O) groups excluding carboxylic acids is 2. The zero-order valence-corrected chi connectivity index (χ0v) is 29.7. The Labute approximate surface area is 297 Å². The normalized spacial score (nSPS) is 12.1. The second-order valence-electron chi connectivity index (χ2n) is 12.1. The molecular weight excluding hydrogens is 657 g/mol. The highest BCUT2D eigenvalue weighted by Gasteiger charge is 2.22. The zero-order chi connectivity index (χ0) is 35.1. The molecule has 5 rings (SSSR count). The second kappa shape index (κ2) is 16.1. The largest absolute Gasteiger partial charge is 0.494 e. The lowest BCUT2D eigenvalue weighted by molar-refractivity contribution is -0.109. The molecule has 0 unspecified atom stereocenters. The molecule has 5 aromatic rings. The Morgan fingerprint density at radius 2 is 1.67 bits per heavy atom. The average Bonchev–Trinajstić information content (AvgIpc) is 3.08. The molecule has 2 heterocycles. The average molecular weight is 697 g/mol. The number of rotatable bonds is 14. The number of hydrogen-bond acceptors (Lipinski definition) is 7. The number of benzene rings is 3. The van der Waals surface area contributed by atoms with Gasteiger partial charge >= 0.3 is 0 Å². The minimum atomic E-state index is -0.145. The molecule has 2 N–H and O–H groups in total. The number of anilines is 1. The number of halogens is 2. The summed E-state index contributed by atoms with van der Waals surface area (Å²) in [5, 5.41) is 8.60. The number of aromatic nitrogens is 3. The molecular formula is C39H39Cl2N5O3. The van der Waals surface area contributed by atoms with Crippen molar-refractivity contribution in [3.63, 3.8) is 0 Å². The highest BCUT2D eigenvalue weighted by molar-refractivity contribution is 6.34. The number of aldehydes is 1. The van der Waals surface area contributed by atoms with E-state index >= 15 is 0 Å². The molecule has 0 saturated heterocycles. The van der Waals surface area contributed by atoms with Crippen LogP contribution in [-0.2, 0) is 4.79 Å². The Kier molecular flexibility index (Phi) is 11.6. The summed E-state index contributed by atoms with van der Waals surface area (Å²) in [7, 11) is 0. The summed E-state index contributed by atoms with van der Waals surface area (Å²) < 4.78 is 6.21. The molecule has 252 valence electrons. The number of ether oxygens (including phenoxy) is 1. The maximum absolute atomic E-state index is 11.5. The predicted molar refractivity (Wildman–Crippen MR) is 200 cm³/mol. The van der Waals surface area contributed by atoms with Crippen molar-refractivity contribution in [2.45, 2.75) is 53.5 Å². The van der Waals surface area contributed by atoms with Crippen molar-refractivity contribution < 1.29 is 14.3 Å². The Balaban J connectivity index is 1.65. The third-order valence-electron chi connectivity index (χ3n) is 8.37. The van der Waals surface area contributed by atoms with Gasteiger partial charge in [0.25, 0.3) is 0 Å². The molecule has 0 saturated carbocycles. The van der Waals surface area contributed by atoms with Gasteiger partial charge in [0.1, 0.15) is 12.1 Å². The van der Waals surface area contributed by atoms with E-state index in [0.29, 0.717) is 43.0 Å². The molecule has 10 heteroatoms. The van der Waals surface area contributed by atoms with Crippen molar-refractivity contribution in [3.8, 4) is 16.9 Å². The zero-order valence-electron chi connectivity index (χ0n) is 28.2. The predicted octanol–water partition coefficient (Wildman–Crippen LogP) is 8.99. The molecule has 8 nitrogen and oxygen atoms in total. The molecule has 0 radical (unpaired) electrons. The Hall–Kier alpha value is -4.79. The van der Waals surface area contributed by atoms with Gasteiger partial charge in [-0.3, -0.25) is 14.6 Å². The SMILES string of the molecule is Cc1cc(OCCC/C(=C\c2cccc3cc(C=O)cnc23)c2ccc(Cl)c(-c3c(C)ncnc3C)c2N[C@H](C)CNC=O)cc(C)c1Cl. The van der Waals surface area contributed by atoms with Crippen LogP contribution < -0.4 is 15.4 Å². The van der Waals surface area contributed by atoms with Crippen molar-refractivity contribution in [3.05, 3.63) is 110 Å². The van der Waals surface area contributed by atoms with E-state index in [0.717, 1.165) is 84.0 Å². The monoisotopic (exact) mass is 695 g/mol. The van der Waals surface area contributed by atoms with Crippen molar-refractivity contribution in [1.82, 2.24) is 20.3 Å². The van der Waals surface area contributed by atoms with Gasteiger partial charge < -0.3 is 15.4 Å². The molecule has 0 bridgehead atoms. The third-order valence-corrected chi connectivity index (χ3v) is 9.28. The van der Waals surface area contributed by atoms with Gasteiger partial charge in [0.05, 0.1) is 22.8 Å². The van der Waals surface area contributed by atoms with Crippen molar-refractivity contribution in [2.75, 3.05) is 18.5 Å². The summed E-state index contributed by atoms with van der Waals surface area (Å²) in [4.78, 5) is 36.3. The topological polar surface area (TPSA) is 106 Å². The van der Waals surface area contributed by atoms with E-state index in [1.807, 2.05) is 83.1 Å². The number of carbonyl (C=O) groups is 2. The smallest absolute Gasteiger partial charge is 0.207 e. The first-order chi connectivity index (χ1) is 23.6. The van der Waals surface area contributed by atoms with Gasteiger partial charge in [-0.2, -0.15) is 0 Å². The van der Waals surface area contributed by atoms with E-state index in [1.54, 1.807) is 12.5 Å². The molecule has 1 amide bonds. The summed E-state index contributed by atoms with van der Waals surface area (Å²) in [6.45, 7) is 10.7. The number of pyridine rings is 1. The molecule has 0 spiro atoms. The number of nitrogens with one attached hydrogen (secondary N) is 2. The van der Waals surface area contributed by atoms with Crippen molar-refractivity contribution in [2.24, 2.45) is 0 Å². The standard InChI is InChI=1S/C39H39Cl2N5O3/c1-23-14-32(15-24(2)37(23)41)49-13-7-10-29(17-31-9-6-8-30-16-28(20-47)19-43-38(30)31)33-11-12-34(40)36(35-26(4)44-21-45-27(35)5)39(33)46-25(3)18-42-22-48/h6,8-9,11-12,14-17,19-22,25,46H,7,10,13,18H2,1-5H3,(H,42,48)/b29-17+/t25-/m1/s1. The quantitative estimate of drug-likeness (QED) is 0.0678. The van der Waals surface area contributed by atoms with Gasteiger partial charge in [-0.25, -0.2) is 9.97 Å². The Morgan fingerprint density at radius 3 is 2.37 bits per heavy atom. The number of hydrogen-bond donors (Lipinski definition) is 2. The van der Waals surface area contributed by atoms with Crippen LogP contribution in [0.4, 0.5) is 5.69 Å². The third kappa shape index (κ3) is 8.27. The van der Waals surface area contributed by atoms with E-state index < -0.39 is 0 Å². The minimum Gasteiger partial charge on any atom is -0.494 e. The second-order valence-corrected chi connectivity index (χ2v) is 12.9. The number of aryl methyl sites for hydroxylation is 4. The van der Waals surface area contributed by atoms with E-state index in [1.165, 1.54) is 0 Å². The number of fused-ring (bicyclic) bond motifs is 1. The summed E-state index contributed by atoms with van der Waals surface area (Å²) >= 11 is 13.4. The van der Waals surface area contributed by atoms with E-state index in [9.17, 15) is 9.59 Å². The maximum atomic E-state index is 11.5. The van der Waals surface area contributed by atoms with Gasteiger partial charge in [-0.15, -0.1) is 0 Å². The van der Waals surface area contributed by atoms with Crippen LogP contribution in [0, 0.1) is 27.7 Å². The summed E-state index contributed by atoms with van der Waals surface area (Å²) in [5.74, 6) is 0.775. The molecule has 49 heavy (non-hydrogen) atoms.